The van der Waals surface area contributed by atoms with E-state index in [9.17, 15) is 4.79 Å². The Kier molecular flexibility index (Phi) is 5.87. The minimum Gasteiger partial charge on any atom is -0.491 e. The van der Waals surface area contributed by atoms with E-state index < -0.39 is 0 Å². The van der Waals surface area contributed by atoms with Crippen molar-refractivity contribution in [3.8, 4) is 5.75 Å². The fraction of sp³-hybridized carbons (Fsp3) is 0.346. The van der Waals surface area contributed by atoms with Crippen LogP contribution in [0.3, 0.4) is 0 Å². The van der Waals surface area contributed by atoms with E-state index in [1.54, 1.807) is 0 Å². The minimum absolute atomic E-state index is 0.000485. The molecule has 1 N–H and O–H groups in total. The first-order valence-electron chi connectivity index (χ1n) is 11.1. The molecule has 0 radical (unpaired) electrons. The molecule has 2 aliphatic rings. The van der Waals surface area contributed by atoms with E-state index in [2.05, 4.69) is 16.3 Å². The average molecular weight is 417 g/mol. The number of benzene rings is 3. The highest BCUT2D eigenvalue weighted by Gasteiger charge is 2.38. The highest BCUT2D eigenvalue weighted by Crippen LogP contribution is 2.38. The van der Waals surface area contributed by atoms with Gasteiger partial charge in [-0.1, -0.05) is 54.6 Å². The molecule has 160 valence electrons. The summed E-state index contributed by atoms with van der Waals surface area (Å²) >= 11 is 0. The third-order valence-corrected chi connectivity index (χ3v) is 6.32. The molecule has 0 aromatic heterocycles. The topological polar surface area (TPSA) is 50.8 Å². The maximum Gasteiger partial charge on any atom is 0.251 e. The molecule has 2 aliphatic heterocycles. The van der Waals surface area contributed by atoms with E-state index >= 15 is 0 Å². The summed E-state index contributed by atoms with van der Waals surface area (Å²) in [4.78, 5) is 15.2. The molecule has 3 aromatic carbocycles. The summed E-state index contributed by atoms with van der Waals surface area (Å²) in [6, 6.07) is 22.3. The van der Waals surface area contributed by atoms with Gasteiger partial charge >= 0.3 is 0 Å². The Hall–Kier alpha value is -2.89. The summed E-state index contributed by atoms with van der Waals surface area (Å²) in [5.74, 6) is 0.947. The van der Waals surface area contributed by atoms with E-state index in [4.69, 9.17) is 9.47 Å². The summed E-state index contributed by atoms with van der Waals surface area (Å²) in [6.07, 6.45) is 2.06. The van der Waals surface area contributed by atoms with Crippen LogP contribution in [-0.2, 0) is 4.74 Å². The van der Waals surface area contributed by atoms with E-state index in [1.807, 2.05) is 60.7 Å². The molecule has 0 unspecified atom stereocenters. The van der Waals surface area contributed by atoms with Crippen molar-refractivity contribution in [3.63, 3.8) is 0 Å². The number of ether oxygens (including phenoxy) is 2. The first kappa shape index (κ1) is 20.0. The Morgan fingerprint density at radius 1 is 1.00 bits per heavy atom. The van der Waals surface area contributed by atoms with Crippen LogP contribution >= 0.6 is 0 Å². The van der Waals surface area contributed by atoms with Gasteiger partial charge in [-0.2, -0.15) is 0 Å². The van der Waals surface area contributed by atoms with Gasteiger partial charge in [-0.25, -0.2) is 0 Å². The van der Waals surface area contributed by atoms with Gasteiger partial charge in [-0.15, -0.1) is 0 Å². The van der Waals surface area contributed by atoms with Crippen molar-refractivity contribution < 1.29 is 14.3 Å². The van der Waals surface area contributed by atoms with Crippen LogP contribution in [0.5, 0.6) is 5.75 Å². The first-order valence-corrected chi connectivity index (χ1v) is 11.1. The summed E-state index contributed by atoms with van der Waals surface area (Å²) < 4.78 is 12.1. The number of hydrogen-bond donors (Lipinski definition) is 1. The quantitative estimate of drug-likeness (QED) is 0.613. The largest absolute Gasteiger partial charge is 0.491 e. The highest BCUT2D eigenvalue weighted by atomic mass is 16.5. The fourth-order valence-corrected chi connectivity index (χ4v) is 4.72. The number of para-hydroxylation sites is 1. The van der Waals surface area contributed by atoms with Crippen molar-refractivity contribution in [1.29, 1.82) is 0 Å². The van der Waals surface area contributed by atoms with Crippen LogP contribution in [-0.4, -0.2) is 49.7 Å². The Bertz CT molecular complexity index is 1060. The lowest BCUT2D eigenvalue weighted by molar-refractivity contribution is -0.0960. The molecule has 5 nitrogen and oxygen atoms in total. The lowest BCUT2D eigenvalue weighted by atomic mass is 9.96. The number of rotatable bonds is 6. The van der Waals surface area contributed by atoms with E-state index in [0.29, 0.717) is 13.2 Å². The number of nitrogens with one attached hydrogen (secondary N) is 1. The number of morpholine rings is 1. The zero-order valence-corrected chi connectivity index (χ0v) is 17.6. The van der Waals surface area contributed by atoms with Crippen molar-refractivity contribution in [2.75, 3.05) is 32.8 Å². The number of unbranched alkanes of at least 4 members (excludes halogenated alkanes) is 1. The predicted molar refractivity (Wildman–Crippen MR) is 122 cm³/mol. The van der Waals surface area contributed by atoms with Gasteiger partial charge in [0, 0.05) is 24.2 Å². The van der Waals surface area contributed by atoms with Gasteiger partial charge in [0.1, 0.15) is 18.5 Å². The Morgan fingerprint density at radius 3 is 2.81 bits per heavy atom. The van der Waals surface area contributed by atoms with Gasteiger partial charge in [0.05, 0.1) is 12.6 Å². The van der Waals surface area contributed by atoms with Crippen LogP contribution in [0.4, 0.5) is 0 Å². The van der Waals surface area contributed by atoms with E-state index in [-0.39, 0.29) is 18.1 Å². The lowest BCUT2D eigenvalue weighted by Crippen LogP contribution is -2.52. The summed E-state index contributed by atoms with van der Waals surface area (Å²) in [5, 5.41) is 5.18. The molecular formula is C26H28N2O3. The number of hydrogen-bond acceptors (Lipinski definition) is 4. The smallest absolute Gasteiger partial charge is 0.251 e. The van der Waals surface area contributed by atoms with Crippen molar-refractivity contribution in [2.24, 2.45) is 0 Å². The number of carbonyl (C=O) groups excluding carboxylic acids is 1. The lowest BCUT2D eigenvalue weighted by Gasteiger charge is -2.44. The third kappa shape index (κ3) is 4.16. The van der Waals surface area contributed by atoms with Gasteiger partial charge in [0.2, 0.25) is 0 Å². The van der Waals surface area contributed by atoms with Crippen molar-refractivity contribution in [2.45, 2.75) is 25.0 Å². The van der Waals surface area contributed by atoms with Gasteiger partial charge < -0.3 is 14.8 Å². The average Bonchev–Trinajstić information content (AvgIpc) is 2.83. The standard InChI is InChI=1S/C26H28N2O3/c29-26(21-12-7-9-19-8-1-2-10-20(19)21)27-14-5-6-15-28-16-17-30-25-22-11-3-4-13-24(22)31-18-23(25)28/h1-4,7-13,23,25H,5-6,14-18H2,(H,27,29)/t23-,25-/m1/s1. The molecule has 0 aliphatic carbocycles. The number of fused-ring (bicyclic) bond motifs is 4. The summed E-state index contributed by atoms with van der Waals surface area (Å²) in [5.41, 5.74) is 1.90. The SMILES string of the molecule is O=C(NCCCCN1CCO[C@@H]2c3ccccc3OC[C@H]21)c1cccc2ccccc12. The molecule has 3 aromatic rings. The van der Waals surface area contributed by atoms with Crippen molar-refractivity contribution >= 4 is 16.7 Å². The molecule has 1 amide bonds. The molecule has 0 spiro atoms. The van der Waals surface area contributed by atoms with Gasteiger partial charge in [-0.3, -0.25) is 9.69 Å². The Balaban J connectivity index is 1.12. The summed E-state index contributed by atoms with van der Waals surface area (Å²) in [7, 11) is 0. The van der Waals surface area contributed by atoms with E-state index in [0.717, 1.165) is 60.2 Å². The normalized spacial score (nSPS) is 20.5. The van der Waals surface area contributed by atoms with Crippen LogP contribution in [0.1, 0.15) is 34.9 Å². The zero-order valence-electron chi connectivity index (χ0n) is 17.6. The number of nitrogens with zero attached hydrogens (tertiary/aromatic N) is 1. The molecule has 5 heteroatoms. The van der Waals surface area contributed by atoms with Crippen LogP contribution in [0.15, 0.2) is 66.7 Å². The molecule has 1 fully saturated rings. The third-order valence-electron chi connectivity index (χ3n) is 6.32. The van der Waals surface area contributed by atoms with Gasteiger partial charge in [0.15, 0.2) is 0 Å². The molecule has 2 heterocycles. The minimum atomic E-state index is 0.000485. The second kappa shape index (κ2) is 9.08. The van der Waals surface area contributed by atoms with Crippen molar-refractivity contribution in [1.82, 2.24) is 10.2 Å². The first-order chi connectivity index (χ1) is 15.3. The molecule has 2 atom stereocenters. The zero-order chi connectivity index (χ0) is 21.0. The molecule has 31 heavy (non-hydrogen) atoms. The fourth-order valence-electron chi connectivity index (χ4n) is 4.72. The highest BCUT2D eigenvalue weighted by molar-refractivity contribution is 6.06. The van der Waals surface area contributed by atoms with Crippen molar-refractivity contribution in [3.05, 3.63) is 77.9 Å². The van der Waals surface area contributed by atoms with Crippen LogP contribution in [0, 0.1) is 0 Å². The second-order valence-corrected chi connectivity index (χ2v) is 8.23. The maximum absolute atomic E-state index is 12.7. The second-order valence-electron chi connectivity index (χ2n) is 8.23. The monoisotopic (exact) mass is 416 g/mol. The van der Waals surface area contributed by atoms with Gasteiger partial charge in [-0.05, 0) is 42.3 Å². The van der Waals surface area contributed by atoms with Crippen LogP contribution in [0.25, 0.3) is 10.8 Å². The Labute approximate surface area is 183 Å². The predicted octanol–water partition coefficient (Wildman–Crippen LogP) is 4.18. The van der Waals surface area contributed by atoms with Crippen LogP contribution in [0.2, 0.25) is 0 Å². The molecular weight excluding hydrogens is 388 g/mol. The molecule has 0 saturated carbocycles. The van der Waals surface area contributed by atoms with E-state index in [1.165, 1.54) is 0 Å². The molecule has 5 rings (SSSR count). The van der Waals surface area contributed by atoms with Gasteiger partial charge in [0.25, 0.3) is 5.91 Å². The van der Waals surface area contributed by atoms with Crippen LogP contribution < -0.4 is 10.1 Å². The number of carbonyl (C=O) groups is 1. The molecule has 1 saturated heterocycles. The number of amides is 1. The molecule has 0 bridgehead atoms. The maximum atomic E-state index is 12.7. The summed E-state index contributed by atoms with van der Waals surface area (Å²) in [6.45, 7) is 4.00. The Morgan fingerprint density at radius 2 is 1.84 bits per heavy atom.